The monoisotopic (exact) mass is 227 g/mol. The lowest BCUT2D eigenvalue weighted by molar-refractivity contribution is 0.938. The van der Waals surface area contributed by atoms with Gasteiger partial charge < -0.3 is 14.9 Å². The molecule has 0 radical (unpaired) electrons. The molecular formula is C12H13N5. The maximum atomic E-state index is 5.73. The first-order valence-corrected chi connectivity index (χ1v) is 5.35. The van der Waals surface area contributed by atoms with Crippen molar-refractivity contribution in [1.29, 1.82) is 0 Å². The standard InChI is InChI=1S/C12H13N5/c1-16-7-15-9-5-8(3-4-10(9)16)11-6-14-12(13)17(11)2/h3-7H,1-2H3,(H2,13,14). The molecule has 2 aromatic heterocycles. The van der Waals surface area contributed by atoms with Crippen molar-refractivity contribution in [1.82, 2.24) is 19.1 Å². The van der Waals surface area contributed by atoms with Gasteiger partial charge in [-0.1, -0.05) is 6.07 Å². The van der Waals surface area contributed by atoms with E-state index < -0.39 is 0 Å². The van der Waals surface area contributed by atoms with Crippen molar-refractivity contribution < 1.29 is 0 Å². The molecule has 1 aromatic carbocycles. The summed E-state index contributed by atoms with van der Waals surface area (Å²) in [5.74, 6) is 0.515. The van der Waals surface area contributed by atoms with Crippen LogP contribution in [0, 0.1) is 0 Å². The van der Waals surface area contributed by atoms with Crippen molar-refractivity contribution >= 4 is 17.0 Å². The number of imidazole rings is 2. The third-order valence-electron chi connectivity index (χ3n) is 3.05. The van der Waals surface area contributed by atoms with Gasteiger partial charge in [-0.2, -0.15) is 0 Å². The Hall–Kier alpha value is -2.30. The molecule has 5 heteroatoms. The van der Waals surface area contributed by atoms with Gasteiger partial charge in [-0.25, -0.2) is 9.97 Å². The summed E-state index contributed by atoms with van der Waals surface area (Å²) in [7, 11) is 3.89. The number of nitrogens with zero attached hydrogens (tertiary/aromatic N) is 4. The topological polar surface area (TPSA) is 61.7 Å². The zero-order chi connectivity index (χ0) is 12.0. The van der Waals surface area contributed by atoms with Crippen molar-refractivity contribution in [3.8, 4) is 11.3 Å². The summed E-state index contributed by atoms with van der Waals surface area (Å²) in [6.45, 7) is 0. The van der Waals surface area contributed by atoms with Gasteiger partial charge in [0.15, 0.2) is 5.95 Å². The summed E-state index contributed by atoms with van der Waals surface area (Å²) in [6, 6.07) is 6.16. The minimum absolute atomic E-state index is 0.515. The number of rotatable bonds is 1. The lowest BCUT2D eigenvalue weighted by Crippen LogP contribution is -1.98. The van der Waals surface area contributed by atoms with Gasteiger partial charge in [0.2, 0.25) is 0 Å². The fourth-order valence-corrected chi connectivity index (χ4v) is 1.99. The van der Waals surface area contributed by atoms with E-state index in [4.69, 9.17) is 5.73 Å². The largest absolute Gasteiger partial charge is 0.369 e. The lowest BCUT2D eigenvalue weighted by Gasteiger charge is -2.03. The highest BCUT2D eigenvalue weighted by Gasteiger charge is 2.08. The molecule has 0 amide bonds. The Bertz CT molecular complexity index is 692. The highest BCUT2D eigenvalue weighted by atomic mass is 15.1. The van der Waals surface area contributed by atoms with Crippen molar-refractivity contribution in [3.05, 3.63) is 30.7 Å². The summed E-state index contributed by atoms with van der Waals surface area (Å²) in [5.41, 5.74) is 9.89. The van der Waals surface area contributed by atoms with E-state index in [9.17, 15) is 0 Å². The molecule has 86 valence electrons. The normalized spacial score (nSPS) is 11.2. The van der Waals surface area contributed by atoms with Gasteiger partial charge in [0.25, 0.3) is 0 Å². The minimum atomic E-state index is 0.515. The van der Waals surface area contributed by atoms with Crippen LogP contribution in [-0.4, -0.2) is 19.1 Å². The van der Waals surface area contributed by atoms with Crippen molar-refractivity contribution in [2.75, 3.05) is 5.73 Å². The number of aromatic nitrogens is 4. The summed E-state index contributed by atoms with van der Waals surface area (Å²) < 4.78 is 3.86. The SMILES string of the molecule is Cn1c(-c2ccc3c(c2)ncn3C)cnc1N. The summed E-state index contributed by atoms with van der Waals surface area (Å²) in [5, 5.41) is 0. The van der Waals surface area contributed by atoms with E-state index in [0.29, 0.717) is 5.95 Å². The fraction of sp³-hybridized carbons (Fsp3) is 0.167. The first-order chi connectivity index (χ1) is 8.16. The highest BCUT2D eigenvalue weighted by Crippen LogP contribution is 2.24. The van der Waals surface area contributed by atoms with Crippen LogP contribution in [-0.2, 0) is 14.1 Å². The highest BCUT2D eigenvalue weighted by molar-refractivity contribution is 5.81. The molecule has 2 heterocycles. The fourth-order valence-electron chi connectivity index (χ4n) is 1.99. The molecular weight excluding hydrogens is 214 g/mol. The summed E-state index contributed by atoms with van der Waals surface area (Å²) >= 11 is 0. The smallest absolute Gasteiger partial charge is 0.200 e. The molecule has 3 aromatic rings. The number of aryl methyl sites for hydroxylation is 1. The number of fused-ring (bicyclic) bond motifs is 1. The molecule has 0 fully saturated rings. The minimum Gasteiger partial charge on any atom is -0.369 e. The molecule has 0 atom stereocenters. The van der Waals surface area contributed by atoms with E-state index in [-0.39, 0.29) is 0 Å². The quantitative estimate of drug-likeness (QED) is 0.686. The maximum Gasteiger partial charge on any atom is 0.200 e. The van der Waals surface area contributed by atoms with Crippen LogP contribution in [0.15, 0.2) is 30.7 Å². The van der Waals surface area contributed by atoms with Crippen molar-refractivity contribution in [2.24, 2.45) is 14.1 Å². The Morgan fingerprint density at radius 2 is 2.00 bits per heavy atom. The Kier molecular flexibility index (Phi) is 1.95. The van der Waals surface area contributed by atoms with Crippen LogP contribution in [0.25, 0.3) is 22.3 Å². The van der Waals surface area contributed by atoms with Crippen LogP contribution < -0.4 is 5.73 Å². The summed E-state index contributed by atoms with van der Waals surface area (Å²) in [6.07, 6.45) is 3.59. The molecule has 0 bridgehead atoms. The Labute approximate surface area is 98.5 Å². The van der Waals surface area contributed by atoms with Crippen LogP contribution in [0.4, 0.5) is 5.95 Å². The molecule has 0 saturated carbocycles. The molecule has 5 nitrogen and oxygen atoms in total. The number of nitrogen functional groups attached to an aromatic ring is 1. The van der Waals surface area contributed by atoms with Gasteiger partial charge in [0, 0.05) is 19.7 Å². The second kappa shape index (κ2) is 3.35. The van der Waals surface area contributed by atoms with Gasteiger partial charge in [0.05, 0.1) is 29.3 Å². The third-order valence-corrected chi connectivity index (χ3v) is 3.05. The Morgan fingerprint density at radius 3 is 2.71 bits per heavy atom. The number of nitrogens with two attached hydrogens (primary N) is 1. The zero-order valence-electron chi connectivity index (χ0n) is 9.75. The molecule has 0 spiro atoms. The second-order valence-electron chi connectivity index (χ2n) is 4.12. The van der Waals surface area contributed by atoms with Crippen molar-refractivity contribution in [2.45, 2.75) is 0 Å². The molecule has 0 saturated heterocycles. The molecule has 2 N–H and O–H groups in total. The van der Waals surface area contributed by atoms with Gasteiger partial charge in [-0.15, -0.1) is 0 Å². The average molecular weight is 227 g/mol. The van der Waals surface area contributed by atoms with E-state index in [2.05, 4.69) is 22.1 Å². The lowest BCUT2D eigenvalue weighted by atomic mass is 10.1. The third kappa shape index (κ3) is 1.39. The number of anilines is 1. The molecule has 0 unspecified atom stereocenters. The van der Waals surface area contributed by atoms with Crippen LogP contribution in [0.1, 0.15) is 0 Å². The van der Waals surface area contributed by atoms with Gasteiger partial charge in [-0.3, -0.25) is 0 Å². The number of hydrogen-bond acceptors (Lipinski definition) is 3. The first kappa shape index (κ1) is 9.89. The van der Waals surface area contributed by atoms with Gasteiger partial charge in [0.1, 0.15) is 0 Å². The molecule has 0 aliphatic carbocycles. The maximum absolute atomic E-state index is 5.73. The average Bonchev–Trinajstić information content (AvgIpc) is 2.85. The van der Waals surface area contributed by atoms with Crippen LogP contribution in [0.3, 0.4) is 0 Å². The first-order valence-electron chi connectivity index (χ1n) is 5.35. The van der Waals surface area contributed by atoms with E-state index in [1.54, 1.807) is 6.20 Å². The molecule has 0 aliphatic heterocycles. The van der Waals surface area contributed by atoms with E-state index >= 15 is 0 Å². The molecule has 0 aliphatic rings. The van der Waals surface area contributed by atoms with E-state index in [1.165, 1.54) is 0 Å². The Morgan fingerprint density at radius 1 is 1.18 bits per heavy atom. The van der Waals surface area contributed by atoms with Crippen LogP contribution in [0.2, 0.25) is 0 Å². The van der Waals surface area contributed by atoms with Gasteiger partial charge in [-0.05, 0) is 12.1 Å². The van der Waals surface area contributed by atoms with Crippen LogP contribution in [0.5, 0.6) is 0 Å². The van der Waals surface area contributed by atoms with Crippen molar-refractivity contribution in [3.63, 3.8) is 0 Å². The molecule has 17 heavy (non-hydrogen) atoms. The molecule has 3 rings (SSSR count). The zero-order valence-corrected chi connectivity index (χ0v) is 9.75. The summed E-state index contributed by atoms with van der Waals surface area (Å²) in [4.78, 5) is 8.44. The predicted molar refractivity (Wildman–Crippen MR) is 67.3 cm³/mol. The number of hydrogen-bond donors (Lipinski definition) is 1. The number of benzene rings is 1. The Balaban J connectivity index is 2.21. The van der Waals surface area contributed by atoms with E-state index in [0.717, 1.165) is 22.3 Å². The van der Waals surface area contributed by atoms with E-state index in [1.807, 2.05) is 35.6 Å². The predicted octanol–water partition coefficient (Wildman–Crippen LogP) is 1.56. The van der Waals surface area contributed by atoms with Crippen LogP contribution >= 0.6 is 0 Å². The second-order valence-corrected chi connectivity index (χ2v) is 4.12. The van der Waals surface area contributed by atoms with Gasteiger partial charge >= 0.3 is 0 Å².